The molecule has 0 unspecified atom stereocenters. The van der Waals surface area contributed by atoms with Gasteiger partial charge in [-0.05, 0) is 23.9 Å². The molecule has 0 saturated carbocycles. The smallest absolute Gasteiger partial charge is 0.188 e. The van der Waals surface area contributed by atoms with Crippen molar-refractivity contribution < 1.29 is 9.52 Å². The van der Waals surface area contributed by atoms with Crippen LogP contribution in [-0.4, -0.2) is 6.29 Å². The van der Waals surface area contributed by atoms with Gasteiger partial charge in [-0.25, -0.2) is 0 Å². The Bertz CT molecular complexity index is 535. The van der Waals surface area contributed by atoms with Crippen LogP contribution in [0, 0.1) is 5.21 Å². The molecule has 82 valence electrons. The van der Waals surface area contributed by atoms with Crippen LogP contribution < -0.4 is 4.73 Å². The maximum Gasteiger partial charge on any atom is 0.188 e. The first-order valence-corrected chi connectivity index (χ1v) is 5.33. The number of rotatable bonds is 3. The van der Waals surface area contributed by atoms with Crippen molar-refractivity contribution in [1.82, 2.24) is 0 Å². The van der Waals surface area contributed by atoms with Crippen molar-refractivity contribution in [2.45, 2.75) is 12.8 Å². The second-order valence-electron chi connectivity index (χ2n) is 3.58. The molecule has 0 spiro atoms. The Kier molecular flexibility index (Phi) is 3.06. The molecule has 1 heterocycles. The van der Waals surface area contributed by atoms with E-state index in [1.807, 2.05) is 6.07 Å². The Morgan fingerprint density at radius 1 is 1.38 bits per heavy atom. The van der Waals surface area contributed by atoms with E-state index in [0.29, 0.717) is 17.9 Å². The van der Waals surface area contributed by atoms with E-state index in [-0.39, 0.29) is 0 Å². The van der Waals surface area contributed by atoms with Gasteiger partial charge in [0.05, 0.1) is 0 Å². The van der Waals surface area contributed by atoms with Crippen molar-refractivity contribution in [1.29, 1.82) is 0 Å². The van der Waals surface area contributed by atoms with Gasteiger partial charge in [0.2, 0.25) is 0 Å². The Labute approximate surface area is 97.9 Å². The van der Waals surface area contributed by atoms with Gasteiger partial charge in [0.25, 0.3) is 0 Å². The second-order valence-corrected chi connectivity index (χ2v) is 4.02. The molecule has 0 radical (unpaired) electrons. The SMILES string of the molecule is O=CCCc1c[n+]([O-])cc2cc(Cl)ccc12. The van der Waals surface area contributed by atoms with Crippen LogP contribution in [0.3, 0.4) is 0 Å². The molecule has 16 heavy (non-hydrogen) atoms. The number of carbonyl (C=O) groups excluding carboxylic acids is 1. The summed E-state index contributed by atoms with van der Waals surface area (Å²) in [5.74, 6) is 0. The molecule has 0 fully saturated rings. The topological polar surface area (TPSA) is 44.0 Å². The first kappa shape index (κ1) is 10.9. The predicted molar refractivity (Wildman–Crippen MR) is 62.3 cm³/mol. The van der Waals surface area contributed by atoms with E-state index in [1.54, 1.807) is 12.1 Å². The van der Waals surface area contributed by atoms with Gasteiger partial charge < -0.3 is 10.0 Å². The summed E-state index contributed by atoms with van der Waals surface area (Å²) in [4.78, 5) is 10.3. The fourth-order valence-electron chi connectivity index (χ4n) is 1.74. The number of benzene rings is 1. The van der Waals surface area contributed by atoms with Crippen molar-refractivity contribution in [3.8, 4) is 0 Å². The summed E-state index contributed by atoms with van der Waals surface area (Å²) in [6, 6.07) is 5.40. The molecule has 0 aliphatic carbocycles. The van der Waals surface area contributed by atoms with Gasteiger partial charge >= 0.3 is 0 Å². The van der Waals surface area contributed by atoms with Crippen LogP contribution in [0.1, 0.15) is 12.0 Å². The molecule has 0 N–H and O–H groups in total. The van der Waals surface area contributed by atoms with Gasteiger partial charge in [-0.3, -0.25) is 0 Å². The minimum absolute atomic E-state index is 0.418. The number of nitrogens with zero attached hydrogens (tertiary/aromatic N) is 1. The number of aldehydes is 1. The number of hydrogen-bond acceptors (Lipinski definition) is 2. The summed E-state index contributed by atoms with van der Waals surface area (Å²) in [7, 11) is 0. The van der Waals surface area contributed by atoms with Gasteiger partial charge in [0.1, 0.15) is 6.29 Å². The van der Waals surface area contributed by atoms with Gasteiger partial charge in [-0.1, -0.05) is 17.7 Å². The van der Waals surface area contributed by atoms with Gasteiger partial charge in [-0.2, -0.15) is 4.73 Å². The lowest BCUT2D eigenvalue weighted by Crippen LogP contribution is -2.25. The van der Waals surface area contributed by atoms with E-state index < -0.39 is 0 Å². The first-order chi connectivity index (χ1) is 7.70. The highest BCUT2D eigenvalue weighted by atomic mass is 35.5. The third kappa shape index (κ3) is 2.14. The number of carbonyl (C=O) groups is 1. The highest BCUT2D eigenvalue weighted by Gasteiger charge is 2.07. The Hall–Kier alpha value is -1.61. The van der Waals surface area contributed by atoms with E-state index in [2.05, 4.69) is 0 Å². The highest BCUT2D eigenvalue weighted by molar-refractivity contribution is 6.31. The highest BCUT2D eigenvalue weighted by Crippen LogP contribution is 2.21. The monoisotopic (exact) mass is 235 g/mol. The molecule has 0 atom stereocenters. The van der Waals surface area contributed by atoms with Crippen molar-refractivity contribution in [3.05, 3.63) is 46.4 Å². The molecule has 0 amide bonds. The number of pyridine rings is 1. The summed E-state index contributed by atoms with van der Waals surface area (Å²) < 4.78 is 0.749. The molecule has 2 aromatic rings. The second kappa shape index (κ2) is 4.49. The number of aryl methyl sites for hydroxylation is 1. The summed E-state index contributed by atoms with van der Waals surface area (Å²) in [5, 5.41) is 13.7. The number of fused-ring (bicyclic) bond motifs is 1. The lowest BCUT2D eigenvalue weighted by atomic mass is 10.0. The minimum atomic E-state index is 0.418. The molecule has 4 heteroatoms. The molecule has 2 rings (SSSR count). The standard InChI is InChI=1S/C12H10ClNO2/c13-11-3-4-12-9(2-1-5-15)7-14(16)8-10(12)6-11/h3-8H,1-2H2. The van der Waals surface area contributed by atoms with E-state index in [0.717, 1.165) is 27.4 Å². The summed E-state index contributed by atoms with van der Waals surface area (Å²) >= 11 is 5.86. The average Bonchev–Trinajstić information content (AvgIpc) is 2.25. The van der Waals surface area contributed by atoms with Gasteiger partial charge in [0, 0.05) is 22.4 Å². The maximum atomic E-state index is 11.4. The van der Waals surface area contributed by atoms with E-state index in [9.17, 15) is 10.0 Å². The zero-order chi connectivity index (χ0) is 11.5. The molecule has 1 aromatic heterocycles. The maximum absolute atomic E-state index is 11.4. The molecule has 3 nitrogen and oxygen atoms in total. The Morgan fingerprint density at radius 3 is 2.94 bits per heavy atom. The van der Waals surface area contributed by atoms with Crippen LogP contribution in [0.4, 0.5) is 0 Å². The van der Waals surface area contributed by atoms with E-state index in [4.69, 9.17) is 11.6 Å². The lowest BCUT2D eigenvalue weighted by molar-refractivity contribution is -0.604. The van der Waals surface area contributed by atoms with Crippen LogP contribution in [0.15, 0.2) is 30.6 Å². The number of halogens is 1. The number of aromatic nitrogens is 1. The van der Waals surface area contributed by atoms with E-state index in [1.165, 1.54) is 12.4 Å². The molecule has 0 bridgehead atoms. The third-order valence-electron chi connectivity index (χ3n) is 2.44. The Morgan fingerprint density at radius 2 is 2.19 bits per heavy atom. The average molecular weight is 236 g/mol. The van der Waals surface area contributed by atoms with Crippen LogP contribution in [-0.2, 0) is 11.2 Å². The summed E-state index contributed by atoms with van der Waals surface area (Å²) in [6.07, 6.45) is 4.82. The molecule has 0 saturated heterocycles. The van der Waals surface area contributed by atoms with Gasteiger partial charge in [-0.15, -0.1) is 0 Å². The van der Waals surface area contributed by atoms with Crippen LogP contribution >= 0.6 is 11.6 Å². The molecule has 1 aromatic carbocycles. The first-order valence-electron chi connectivity index (χ1n) is 4.95. The van der Waals surface area contributed by atoms with Gasteiger partial charge in [0.15, 0.2) is 12.4 Å². The predicted octanol–water partition coefficient (Wildman–Crippen LogP) is 2.26. The molecule has 0 aliphatic rings. The normalized spacial score (nSPS) is 10.6. The summed E-state index contributed by atoms with van der Waals surface area (Å²) in [6.45, 7) is 0. The van der Waals surface area contributed by atoms with Crippen molar-refractivity contribution >= 4 is 28.7 Å². The minimum Gasteiger partial charge on any atom is -0.619 e. The van der Waals surface area contributed by atoms with Crippen molar-refractivity contribution in [3.63, 3.8) is 0 Å². The third-order valence-corrected chi connectivity index (χ3v) is 2.68. The number of hydrogen-bond donors (Lipinski definition) is 0. The quantitative estimate of drug-likeness (QED) is 0.465. The lowest BCUT2D eigenvalue weighted by Gasteiger charge is -2.05. The van der Waals surface area contributed by atoms with Crippen LogP contribution in [0.5, 0.6) is 0 Å². The van der Waals surface area contributed by atoms with Crippen molar-refractivity contribution in [2.75, 3.05) is 0 Å². The fraction of sp³-hybridized carbons (Fsp3) is 0.167. The van der Waals surface area contributed by atoms with E-state index >= 15 is 0 Å². The van der Waals surface area contributed by atoms with Crippen LogP contribution in [0.2, 0.25) is 5.02 Å². The summed E-state index contributed by atoms with van der Waals surface area (Å²) in [5.41, 5.74) is 0.872. The largest absolute Gasteiger partial charge is 0.619 e. The molecular weight excluding hydrogens is 226 g/mol. The molecular formula is C12H10ClNO2. The molecule has 0 aliphatic heterocycles. The Balaban J connectivity index is 2.58. The zero-order valence-corrected chi connectivity index (χ0v) is 9.28. The fourth-order valence-corrected chi connectivity index (χ4v) is 1.92. The van der Waals surface area contributed by atoms with Crippen LogP contribution in [0.25, 0.3) is 10.8 Å². The van der Waals surface area contributed by atoms with Crippen molar-refractivity contribution in [2.24, 2.45) is 0 Å². The zero-order valence-electron chi connectivity index (χ0n) is 8.52.